The Morgan fingerprint density at radius 1 is 1.00 bits per heavy atom. The van der Waals surface area contributed by atoms with Gasteiger partial charge in [0.05, 0.1) is 6.10 Å². The summed E-state index contributed by atoms with van der Waals surface area (Å²) in [5.74, 6) is 0.549. The van der Waals surface area contributed by atoms with Crippen LogP contribution >= 0.6 is 0 Å². The van der Waals surface area contributed by atoms with Crippen LogP contribution in [-0.4, -0.2) is 22.9 Å². The van der Waals surface area contributed by atoms with Gasteiger partial charge in [0.25, 0.3) is 0 Å². The minimum absolute atomic E-state index is 0.0390. The Hall–Kier alpha value is -0.0800. The molecule has 78 valence electrons. The third-order valence-electron chi connectivity index (χ3n) is 3.10. The van der Waals surface area contributed by atoms with Gasteiger partial charge in [-0.3, -0.25) is 0 Å². The number of unbranched alkanes of at least 4 members (excludes halogenated alkanes) is 2. The van der Waals surface area contributed by atoms with Crippen LogP contribution in [0.2, 0.25) is 0 Å². The summed E-state index contributed by atoms with van der Waals surface area (Å²) in [4.78, 5) is 0. The van der Waals surface area contributed by atoms with Crippen LogP contribution in [0.15, 0.2) is 0 Å². The highest BCUT2D eigenvalue weighted by atomic mass is 16.3. The van der Waals surface area contributed by atoms with Crippen molar-refractivity contribution in [3.05, 3.63) is 0 Å². The number of aliphatic hydroxyl groups excluding tert-OH is 2. The van der Waals surface area contributed by atoms with Gasteiger partial charge in [0, 0.05) is 6.61 Å². The summed E-state index contributed by atoms with van der Waals surface area (Å²) in [7, 11) is 0. The molecule has 13 heavy (non-hydrogen) atoms. The van der Waals surface area contributed by atoms with Gasteiger partial charge in [0.2, 0.25) is 0 Å². The van der Waals surface area contributed by atoms with E-state index in [2.05, 4.69) is 0 Å². The summed E-state index contributed by atoms with van der Waals surface area (Å²) in [5.41, 5.74) is 0. The Bertz CT molecular complexity index is 125. The second-order valence-electron chi connectivity index (χ2n) is 4.18. The molecule has 1 fully saturated rings. The van der Waals surface area contributed by atoms with Gasteiger partial charge in [-0.2, -0.15) is 0 Å². The van der Waals surface area contributed by atoms with Crippen molar-refractivity contribution in [1.82, 2.24) is 0 Å². The van der Waals surface area contributed by atoms with Gasteiger partial charge in [-0.15, -0.1) is 0 Å². The molecule has 1 rings (SSSR count). The second-order valence-corrected chi connectivity index (χ2v) is 4.18. The van der Waals surface area contributed by atoms with Crippen LogP contribution < -0.4 is 0 Å². The third kappa shape index (κ3) is 4.10. The maximum absolute atomic E-state index is 9.68. The van der Waals surface area contributed by atoms with Gasteiger partial charge in [0.1, 0.15) is 0 Å². The molecule has 0 aromatic heterocycles. The Morgan fingerprint density at radius 3 is 2.46 bits per heavy atom. The van der Waals surface area contributed by atoms with E-state index < -0.39 is 0 Å². The molecule has 0 aromatic carbocycles. The highest BCUT2D eigenvalue weighted by molar-refractivity contribution is 4.74. The van der Waals surface area contributed by atoms with Gasteiger partial charge < -0.3 is 10.2 Å². The summed E-state index contributed by atoms with van der Waals surface area (Å²) in [6.07, 6.45) is 9.02. The molecular formula is C11H22O2. The van der Waals surface area contributed by atoms with Gasteiger partial charge in [-0.25, -0.2) is 0 Å². The number of hydrogen-bond acceptors (Lipinski definition) is 2. The van der Waals surface area contributed by atoms with Crippen molar-refractivity contribution in [2.45, 2.75) is 57.5 Å². The van der Waals surface area contributed by atoms with Crippen molar-refractivity contribution in [2.75, 3.05) is 6.61 Å². The minimum atomic E-state index is -0.0390. The Kier molecular flexibility index (Phi) is 5.40. The zero-order valence-electron chi connectivity index (χ0n) is 8.41. The molecule has 2 atom stereocenters. The first-order chi connectivity index (χ1) is 6.34. The van der Waals surface area contributed by atoms with Crippen molar-refractivity contribution < 1.29 is 10.2 Å². The predicted octanol–water partition coefficient (Wildman–Crippen LogP) is 2.09. The zero-order chi connectivity index (χ0) is 9.52. The first-order valence-corrected chi connectivity index (χ1v) is 5.63. The second kappa shape index (κ2) is 6.39. The molecule has 0 amide bonds. The molecule has 2 unspecified atom stereocenters. The van der Waals surface area contributed by atoms with E-state index in [1.165, 1.54) is 25.7 Å². The maximum Gasteiger partial charge on any atom is 0.0568 e. The van der Waals surface area contributed by atoms with E-state index >= 15 is 0 Å². The first-order valence-electron chi connectivity index (χ1n) is 5.63. The Morgan fingerprint density at radius 2 is 1.77 bits per heavy atom. The molecule has 0 bridgehead atoms. The first kappa shape index (κ1) is 11.0. The van der Waals surface area contributed by atoms with Crippen LogP contribution in [0, 0.1) is 5.92 Å². The molecule has 2 heteroatoms. The van der Waals surface area contributed by atoms with Crippen LogP contribution in [0.25, 0.3) is 0 Å². The van der Waals surface area contributed by atoms with E-state index in [9.17, 15) is 5.11 Å². The average molecular weight is 186 g/mol. The van der Waals surface area contributed by atoms with E-state index in [1.54, 1.807) is 0 Å². The van der Waals surface area contributed by atoms with Gasteiger partial charge in [-0.1, -0.05) is 25.7 Å². The molecule has 2 N–H and O–H groups in total. The fourth-order valence-electron chi connectivity index (χ4n) is 2.22. The Balaban J connectivity index is 2.05. The molecule has 0 saturated heterocycles. The zero-order valence-corrected chi connectivity index (χ0v) is 8.41. The lowest BCUT2D eigenvalue weighted by Gasteiger charge is -2.27. The number of hydrogen-bond donors (Lipinski definition) is 2. The quantitative estimate of drug-likeness (QED) is 0.645. The van der Waals surface area contributed by atoms with Crippen LogP contribution in [-0.2, 0) is 0 Å². The van der Waals surface area contributed by atoms with Gasteiger partial charge >= 0.3 is 0 Å². The summed E-state index contributed by atoms with van der Waals surface area (Å²) < 4.78 is 0. The molecule has 0 radical (unpaired) electrons. The minimum Gasteiger partial charge on any atom is -0.396 e. The van der Waals surface area contributed by atoms with Crippen molar-refractivity contribution in [1.29, 1.82) is 0 Å². The van der Waals surface area contributed by atoms with Gasteiger partial charge in [-0.05, 0) is 31.6 Å². The molecule has 0 aromatic rings. The van der Waals surface area contributed by atoms with Crippen molar-refractivity contribution in [3.8, 4) is 0 Å². The predicted molar refractivity (Wildman–Crippen MR) is 53.5 cm³/mol. The standard InChI is InChI=1S/C11H22O2/c12-9-5-1-2-6-10-7-3-4-8-11(10)13/h10-13H,1-9H2. The molecule has 1 aliphatic rings. The topological polar surface area (TPSA) is 40.5 Å². The summed E-state index contributed by atoms with van der Waals surface area (Å²) in [6, 6.07) is 0. The lowest BCUT2D eigenvalue weighted by atomic mass is 9.83. The molecule has 0 aliphatic heterocycles. The summed E-state index contributed by atoms with van der Waals surface area (Å²) in [6.45, 7) is 0.313. The van der Waals surface area contributed by atoms with E-state index in [-0.39, 0.29) is 6.10 Å². The van der Waals surface area contributed by atoms with Crippen molar-refractivity contribution >= 4 is 0 Å². The average Bonchev–Trinajstić information content (AvgIpc) is 2.15. The van der Waals surface area contributed by atoms with E-state index in [0.29, 0.717) is 12.5 Å². The SMILES string of the molecule is OCCCCCC1CCCCC1O. The van der Waals surface area contributed by atoms with Crippen LogP contribution in [0.5, 0.6) is 0 Å². The summed E-state index contributed by atoms with van der Waals surface area (Å²) in [5, 5.41) is 18.3. The van der Waals surface area contributed by atoms with Crippen LogP contribution in [0.1, 0.15) is 51.4 Å². The van der Waals surface area contributed by atoms with E-state index in [4.69, 9.17) is 5.11 Å². The van der Waals surface area contributed by atoms with Crippen LogP contribution in [0.4, 0.5) is 0 Å². The molecular weight excluding hydrogens is 164 g/mol. The van der Waals surface area contributed by atoms with E-state index in [0.717, 1.165) is 25.7 Å². The van der Waals surface area contributed by atoms with Crippen molar-refractivity contribution in [2.24, 2.45) is 5.92 Å². The largest absolute Gasteiger partial charge is 0.396 e. The molecule has 1 saturated carbocycles. The molecule has 0 spiro atoms. The lowest BCUT2D eigenvalue weighted by molar-refractivity contribution is 0.0637. The molecule has 2 nitrogen and oxygen atoms in total. The lowest BCUT2D eigenvalue weighted by Crippen LogP contribution is -2.24. The highest BCUT2D eigenvalue weighted by Gasteiger charge is 2.21. The highest BCUT2D eigenvalue weighted by Crippen LogP contribution is 2.28. The maximum atomic E-state index is 9.68. The fraction of sp³-hybridized carbons (Fsp3) is 1.00. The third-order valence-corrected chi connectivity index (χ3v) is 3.10. The number of aliphatic hydroxyl groups is 2. The van der Waals surface area contributed by atoms with Gasteiger partial charge in [0.15, 0.2) is 0 Å². The smallest absolute Gasteiger partial charge is 0.0568 e. The fourth-order valence-corrected chi connectivity index (χ4v) is 2.22. The number of rotatable bonds is 5. The summed E-state index contributed by atoms with van der Waals surface area (Å²) >= 11 is 0. The Labute approximate surface area is 81.0 Å². The van der Waals surface area contributed by atoms with E-state index in [1.807, 2.05) is 0 Å². The molecule has 0 heterocycles. The normalized spacial score (nSPS) is 29.1. The van der Waals surface area contributed by atoms with Crippen LogP contribution in [0.3, 0.4) is 0 Å². The molecule has 1 aliphatic carbocycles. The van der Waals surface area contributed by atoms with Crippen molar-refractivity contribution in [3.63, 3.8) is 0 Å². The monoisotopic (exact) mass is 186 g/mol.